The Morgan fingerprint density at radius 3 is 1.65 bits per heavy atom. The maximum Gasteiger partial charge on any atom is 0.0662 e. The van der Waals surface area contributed by atoms with Gasteiger partial charge in [-0.2, -0.15) is 0 Å². The Labute approximate surface area is 120 Å². The van der Waals surface area contributed by atoms with Crippen molar-refractivity contribution in [2.24, 2.45) is 5.73 Å². The van der Waals surface area contributed by atoms with E-state index in [-0.39, 0.29) is 0 Å². The van der Waals surface area contributed by atoms with Gasteiger partial charge in [-0.1, -0.05) is 59.7 Å². The third-order valence-corrected chi connectivity index (χ3v) is 3.48. The average Bonchev–Trinajstić information content (AvgIpc) is 2.46. The number of nitrogens with two attached hydrogens (primary N) is 1. The minimum absolute atomic E-state index is 0.475. The number of nitrogens with one attached hydrogen (secondary N) is 1. The molecule has 2 aromatic rings. The maximum atomic E-state index is 8.29. The second kappa shape index (κ2) is 5.74. The largest absolute Gasteiger partial charge is 0.398 e. The number of benzene rings is 2. The Bertz CT molecular complexity index is 647. The first-order valence-electron chi connectivity index (χ1n) is 6.68. The van der Waals surface area contributed by atoms with Gasteiger partial charge in [0, 0.05) is 5.70 Å². The third kappa shape index (κ3) is 2.97. The summed E-state index contributed by atoms with van der Waals surface area (Å²) in [5.74, 6) is 0. The predicted octanol–water partition coefficient (Wildman–Crippen LogP) is 4.06. The molecule has 0 aliphatic rings. The fourth-order valence-electron chi connectivity index (χ4n) is 2.02. The molecule has 0 aliphatic heterocycles. The van der Waals surface area contributed by atoms with Crippen LogP contribution in [0.5, 0.6) is 0 Å². The molecule has 0 saturated heterocycles. The van der Waals surface area contributed by atoms with Crippen LogP contribution in [0.25, 0.3) is 5.70 Å². The molecule has 0 atom stereocenters. The van der Waals surface area contributed by atoms with E-state index in [9.17, 15) is 0 Å². The molecular formula is C18H20N2. The van der Waals surface area contributed by atoms with E-state index in [0.29, 0.717) is 11.4 Å². The number of hydrogen-bond acceptors (Lipinski definition) is 2. The van der Waals surface area contributed by atoms with Gasteiger partial charge in [-0.15, -0.1) is 0 Å². The highest BCUT2D eigenvalue weighted by Gasteiger charge is 2.09. The molecule has 2 heteroatoms. The van der Waals surface area contributed by atoms with Crippen molar-refractivity contribution in [1.82, 2.24) is 0 Å². The van der Waals surface area contributed by atoms with Crippen molar-refractivity contribution < 1.29 is 0 Å². The van der Waals surface area contributed by atoms with Crippen LogP contribution in [0.2, 0.25) is 0 Å². The Morgan fingerprint density at radius 2 is 1.20 bits per heavy atom. The lowest BCUT2D eigenvalue weighted by molar-refractivity contribution is 1.37. The predicted molar refractivity (Wildman–Crippen MR) is 86.0 cm³/mol. The molecule has 2 aromatic carbocycles. The van der Waals surface area contributed by atoms with E-state index in [2.05, 4.69) is 0 Å². The topological polar surface area (TPSA) is 49.9 Å². The van der Waals surface area contributed by atoms with Crippen molar-refractivity contribution >= 4 is 11.4 Å². The molecule has 2 nitrogen and oxygen atoms in total. The summed E-state index contributed by atoms with van der Waals surface area (Å²) in [5.41, 5.74) is 12.4. The van der Waals surface area contributed by atoms with Crippen LogP contribution in [0.4, 0.5) is 0 Å². The van der Waals surface area contributed by atoms with Crippen LogP contribution in [0.15, 0.2) is 54.1 Å². The molecule has 0 aromatic heterocycles. The van der Waals surface area contributed by atoms with Gasteiger partial charge in [0.15, 0.2) is 0 Å². The minimum Gasteiger partial charge on any atom is -0.398 e. The highest BCUT2D eigenvalue weighted by atomic mass is 14.6. The Morgan fingerprint density at radius 1 is 0.800 bits per heavy atom. The van der Waals surface area contributed by atoms with Gasteiger partial charge in [0.2, 0.25) is 0 Å². The first kappa shape index (κ1) is 14.1. The van der Waals surface area contributed by atoms with Gasteiger partial charge < -0.3 is 5.73 Å². The standard InChI is InChI=1S/C18H20N2/c1-12-4-8-15(9-5-12)17(19)14(3)18(20)16-10-6-13(2)7-11-16/h4-11,19H,20H2,1-3H3/b18-14-,19-17?. The molecule has 0 aliphatic carbocycles. The summed E-state index contributed by atoms with van der Waals surface area (Å²) in [6.07, 6.45) is 0. The van der Waals surface area contributed by atoms with E-state index >= 15 is 0 Å². The van der Waals surface area contributed by atoms with E-state index in [1.165, 1.54) is 11.1 Å². The Kier molecular flexibility index (Phi) is 4.04. The molecule has 0 bridgehead atoms. The van der Waals surface area contributed by atoms with E-state index in [0.717, 1.165) is 16.7 Å². The van der Waals surface area contributed by atoms with Gasteiger partial charge in [0.1, 0.15) is 0 Å². The molecule has 0 fully saturated rings. The van der Waals surface area contributed by atoms with Gasteiger partial charge in [0.25, 0.3) is 0 Å². The summed E-state index contributed by atoms with van der Waals surface area (Å²) in [7, 11) is 0. The average molecular weight is 264 g/mol. The van der Waals surface area contributed by atoms with Gasteiger partial charge in [-0.25, -0.2) is 0 Å². The lowest BCUT2D eigenvalue weighted by atomic mass is 9.98. The first-order chi connectivity index (χ1) is 9.49. The van der Waals surface area contributed by atoms with Crippen molar-refractivity contribution in [2.45, 2.75) is 20.8 Å². The summed E-state index contributed by atoms with van der Waals surface area (Å²) >= 11 is 0. The van der Waals surface area contributed by atoms with Crippen molar-refractivity contribution in [3.05, 3.63) is 76.4 Å². The molecule has 20 heavy (non-hydrogen) atoms. The maximum absolute atomic E-state index is 8.29. The lowest BCUT2D eigenvalue weighted by Crippen LogP contribution is -2.08. The first-order valence-corrected chi connectivity index (χ1v) is 6.68. The van der Waals surface area contributed by atoms with Crippen LogP contribution in [0, 0.1) is 19.3 Å². The van der Waals surface area contributed by atoms with Crippen LogP contribution < -0.4 is 5.73 Å². The van der Waals surface area contributed by atoms with Crippen LogP contribution in [0.3, 0.4) is 0 Å². The van der Waals surface area contributed by atoms with Crippen molar-refractivity contribution in [3.8, 4) is 0 Å². The summed E-state index contributed by atoms with van der Waals surface area (Å²) in [6, 6.07) is 16.0. The zero-order valence-electron chi connectivity index (χ0n) is 12.2. The van der Waals surface area contributed by atoms with E-state index in [1.807, 2.05) is 69.3 Å². The van der Waals surface area contributed by atoms with Gasteiger partial charge in [0.05, 0.1) is 5.71 Å². The SMILES string of the molecule is C/C(C(=N)c1ccc(C)cc1)=C(/N)c1ccc(C)cc1. The normalized spacial score (nSPS) is 11.9. The van der Waals surface area contributed by atoms with E-state index < -0.39 is 0 Å². The smallest absolute Gasteiger partial charge is 0.0662 e. The number of hydrogen-bond donors (Lipinski definition) is 2. The second-order valence-electron chi connectivity index (χ2n) is 5.15. The summed E-state index contributed by atoms with van der Waals surface area (Å²) < 4.78 is 0. The van der Waals surface area contributed by atoms with Gasteiger partial charge in [-0.3, -0.25) is 5.41 Å². The highest BCUT2D eigenvalue weighted by molar-refractivity contribution is 6.14. The van der Waals surface area contributed by atoms with Crippen LogP contribution in [-0.4, -0.2) is 5.71 Å². The molecule has 3 N–H and O–H groups in total. The van der Waals surface area contributed by atoms with E-state index in [4.69, 9.17) is 11.1 Å². The molecule has 0 amide bonds. The molecule has 0 unspecified atom stereocenters. The quantitative estimate of drug-likeness (QED) is 0.807. The lowest BCUT2D eigenvalue weighted by Gasteiger charge is -2.10. The molecular weight excluding hydrogens is 244 g/mol. The number of rotatable bonds is 3. The van der Waals surface area contributed by atoms with Crippen molar-refractivity contribution in [2.75, 3.05) is 0 Å². The van der Waals surface area contributed by atoms with Crippen molar-refractivity contribution in [1.29, 1.82) is 5.41 Å². The van der Waals surface area contributed by atoms with E-state index in [1.54, 1.807) is 0 Å². The van der Waals surface area contributed by atoms with Gasteiger partial charge in [-0.05, 0) is 37.5 Å². The fraction of sp³-hybridized carbons (Fsp3) is 0.167. The summed E-state index contributed by atoms with van der Waals surface area (Å²) in [5, 5.41) is 8.29. The molecule has 102 valence electrons. The molecule has 0 saturated carbocycles. The zero-order chi connectivity index (χ0) is 14.7. The summed E-state index contributed by atoms with van der Waals surface area (Å²) in [6.45, 7) is 5.99. The zero-order valence-corrected chi connectivity index (χ0v) is 12.2. The second-order valence-corrected chi connectivity index (χ2v) is 5.15. The van der Waals surface area contributed by atoms with Crippen LogP contribution in [-0.2, 0) is 0 Å². The number of aryl methyl sites for hydroxylation is 2. The molecule has 2 rings (SSSR count). The van der Waals surface area contributed by atoms with Crippen LogP contribution in [0.1, 0.15) is 29.2 Å². The number of allylic oxidation sites excluding steroid dienone is 1. The monoisotopic (exact) mass is 264 g/mol. The molecule has 0 radical (unpaired) electrons. The van der Waals surface area contributed by atoms with Crippen LogP contribution >= 0.6 is 0 Å². The van der Waals surface area contributed by atoms with Crippen molar-refractivity contribution in [3.63, 3.8) is 0 Å². The molecule has 0 spiro atoms. The minimum atomic E-state index is 0.475. The Balaban J connectivity index is 2.35. The third-order valence-electron chi connectivity index (χ3n) is 3.48. The van der Waals surface area contributed by atoms with Gasteiger partial charge >= 0.3 is 0 Å². The highest BCUT2D eigenvalue weighted by Crippen LogP contribution is 2.18. The molecule has 0 heterocycles. The fourth-order valence-corrected chi connectivity index (χ4v) is 2.02. The Hall–Kier alpha value is -2.35. The summed E-state index contributed by atoms with van der Waals surface area (Å²) in [4.78, 5) is 0.